The van der Waals surface area contributed by atoms with E-state index in [4.69, 9.17) is 0 Å². The third-order valence-corrected chi connectivity index (χ3v) is 7.56. The first kappa shape index (κ1) is 20.8. The Hall–Kier alpha value is -1.93. The lowest BCUT2D eigenvalue weighted by atomic mass is 9.91. The fourth-order valence-electron chi connectivity index (χ4n) is 4.08. The molecule has 0 spiro atoms. The SMILES string of the molecule is CC(C)N(C(C)C)S(=O)(=O)c1ccc(N2CCC(c3cnn(C)c3)CC2)nc1. The summed E-state index contributed by atoms with van der Waals surface area (Å²) in [7, 11) is -1.60. The Kier molecular flexibility index (Phi) is 6.09. The van der Waals surface area contributed by atoms with E-state index in [0.29, 0.717) is 5.92 Å². The molecule has 0 aromatic carbocycles. The number of sulfonamides is 1. The van der Waals surface area contributed by atoms with E-state index in [1.807, 2.05) is 51.7 Å². The summed E-state index contributed by atoms with van der Waals surface area (Å²) in [5.41, 5.74) is 1.29. The van der Waals surface area contributed by atoms with E-state index in [9.17, 15) is 8.42 Å². The van der Waals surface area contributed by atoms with Gasteiger partial charge in [-0.2, -0.15) is 9.40 Å². The highest BCUT2D eigenvalue weighted by molar-refractivity contribution is 7.89. The van der Waals surface area contributed by atoms with E-state index in [1.165, 1.54) is 16.1 Å². The summed E-state index contributed by atoms with van der Waals surface area (Å²) < 4.78 is 29.3. The maximum absolute atomic E-state index is 13.0. The summed E-state index contributed by atoms with van der Waals surface area (Å²) >= 11 is 0. The van der Waals surface area contributed by atoms with Crippen LogP contribution in [-0.2, 0) is 17.1 Å². The van der Waals surface area contributed by atoms with Crippen LogP contribution in [0.1, 0.15) is 52.0 Å². The average Bonchev–Trinajstić information content (AvgIpc) is 3.07. The van der Waals surface area contributed by atoms with Crippen molar-refractivity contribution in [1.29, 1.82) is 0 Å². The van der Waals surface area contributed by atoms with E-state index < -0.39 is 10.0 Å². The van der Waals surface area contributed by atoms with Gasteiger partial charge in [-0.1, -0.05) is 0 Å². The fraction of sp³-hybridized carbons (Fsp3) is 0.600. The maximum Gasteiger partial charge on any atom is 0.245 e. The lowest BCUT2D eigenvalue weighted by Crippen LogP contribution is -2.42. The molecule has 1 saturated heterocycles. The Morgan fingerprint density at radius 1 is 1.07 bits per heavy atom. The van der Waals surface area contributed by atoms with Crippen molar-refractivity contribution in [1.82, 2.24) is 19.1 Å². The summed E-state index contributed by atoms with van der Waals surface area (Å²) in [6.45, 7) is 9.39. The van der Waals surface area contributed by atoms with E-state index in [0.717, 1.165) is 31.7 Å². The normalized spacial score (nSPS) is 16.5. The average molecular weight is 406 g/mol. The van der Waals surface area contributed by atoms with Crippen molar-refractivity contribution in [2.75, 3.05) is 18.0 Å². The van der Waals surface area contributed by atoms with Crippen molar-refractivity contribution in [3.63, 3.8) is 0 Å². The van der Waals surface area contributed by atoms with Crippen molar-refractivity contribution in [2.24, 2.45) is 7.05 Å². The molecule has 2 aromatic rings. The van der Waals surface area contributed by atoms with Crippen LogP contribution in [0.4, 0.5) is 5.82 Å². The van der Waals surface area contributed by atoms with Gasteiger partial charge >= 0.3 is 0 Å². The molecule has 154 valence electrons. The van der Waals surface area contributed by atoms with Crippen LogP contribution in [-0.4, -0.2) is 52.7 Å². The number of rotatable bonds is 6. The fourth-order valence-corrected chi connectivity index (χ4v) is 5.86. The highest BCUT2D eigenvalue weighted by Gasteiger charge is 2.30. The van der Waals surface area contributed by atoms with Crippen LogP contribution >= 0.6 is 0 Å². The number of pyridine rings is 1. The quantitative estimate of drug-likeness (QED) is 0.739. The lowest BCUT2D eigenvalue weighted by Gasteiger charge is -2.33. The Bertz CT molecular complexity index is 874. The van der Waals surface area contributed by atoms with Crippen LogP contribution in [0.25, 0.3) is 0 Å². The number of aromatic nitrogens is 3. The van der Waals surface area contributed by atoms with Gasteiger partial charge in [0.25, 0.3) is 0 Å². The predicted octanol–water partition coefficient (Wildman–Crippen LogP) is 3.01. The number of hydrogen-bond donors (Lipinski definition) is 0. The largest absolute Gasteiger partial charge is 0.357 e. The molecule has 0 aliphatic carbocycles. The number of nitrogens with zero attached hydrogens (tertiary/aromatic N) is 5. The molecule has 8 heteroatoms. The zero-order valence-corrected chi connectivity index (χ0v) is 18.2. The molecular formula is C20H31N5O2S. The first-order valence-corrected chi connectivity index (χ1v) is 11.4. The van der Waals surface area contributed by atoms with Crippen molar-refractivity contribution in [3.05, 3.63) is 36.3 Å². The molecule has 0 N–H and O–H groups in total. The Morgan fingerprint density at radius 2 is 1.71 bits per heavy atom. The minimum absolute atomic E-state index is 0.101. The minimum atomic E-state index is -3.55. The molecule has 3 rings (SSSR count). The van der Waals surface area contributed by atoms with Gasteiger partial charge in [0.05, 0.1) is 6.20 Å². The third-order valence-electron chi connectivity index (χ3n) is 5.33. The van der Waals surface area contributed by atoms with Crippen molar-refractivity contribution < 1.29 is 8.42 Å². The first-order valence-electron chi connectivity index (χ1n) is 9.93. The second-order valence-electron chi connectivity index (χ2n) is 8.08. The molecule has 0 atom stereocenters. The van der Waals surface area contributed by atoms with Crippen LogP contribution in [0, 0.1) is 0 Å². The summed E-state index contributed by atoms with van der Waals surface area (Å²) in [4.78, 5) is 6.96. The molecule has 0 bridgehead atoms. The molecule has 0 saturated carbocycles. The molecule has 3 heterocycles. The number of anilines is 1. The zero-order valence-electron chi connectivity index (χ0n) is 17.4. The zero-order chi connectivity index (χ0) is 20.5. The topological polar surface area (TPSA) is 71.3 Å². The molecule has 7 nitrogen and oxygen atoms in total. The highest BCUT2D eigenvalue weighted by Crippen LogP contribution is 2.30. The molecule has 1 fully saturated rings. The van der Waals surface area contributed by atoms with Gasteiger partial charge in [-0.05, 0) is 64.2 Å². The molecule has 0 radical (unpaired) electrons. The van der Waals surface area contributed by atoms with Gasteiger partial charge in [0.15, 0.2) is 0 Å². The van der Waals surface area contributed by atoms with Crippen LogP contribution in [0.2, 0.25) is 0 Å². The van der Waals surface area contributed by atoms with Gasteiger partial charge in [0, 0.05) is 44.6 Å². The van der Waals surface area contributed by atoms with E-state index in [1.54, 1.807) is 6.07 Å². The van der Waals surface area contributed by atoms with E-state index >= 15 is 0 Å². The van der Waals surface area contributed by atoms with Crippen molar-refractivity contribution in [3.8, 4) is 0 Å². The monoisotopic (exact) mass is 405 g/mol. The smallest absolute Gasteiger partial charge is 0.245 e. The summed E-state index contributed by atoms with van der Waals surface area (Å²) in [6.07, 6.45) is 7.63. The third kappa shape index (κ3) is 4.22. The van der Waals surface area contributed by atoms with Gasteiger partial charge < -0.3 is 4.90 Å². The predicted molar refractivity (Wildman–Crippen MR) is 111 cm³/mol. The second-order valence-corrected chi connectivity index (χ2v) is 9.93. The van der Waals surface area contributed by atoms with E-state index in [-0.39, 0.29) is 17.0 Å². The van der Waals surface area contributed by atoms with Crippen molar-refractivity contribution in [2.45, 2.75) is 63.4 Å². The van der Waals surface area contributed by atoms with Crippen LogP contribution in [0.5, 0.6) is 0 Å². The lowest BCUT2D eigenvalue weighted by molar-refractivity contribution is 0.302. The van der Waals surface area contributed by atoms with Gasteiger partial charge in [0.1, 0.15) is 10.7 Å². The minimum Gasteiger partial charge on any atom is -0.357 e. The Balaban J connectivity index is 1.70. The number of hydrogen-bond acceptors (Lipinski definition) is 5. The molecular weight excluding hydrogens is 374 g/mol. The van der Waals surface area contributed by atoms with Crippen LogP contribution in [0.3, 0.4) is 0 Å². The van der Waals surface area contributed by atoms with Crippen molar-refractivity contribution >= 4 is 15.8 Å². The number of aryl methyl sites for hydroxylation is 1. The van der Waals surface area contributed by atoms with Gasteiger partial charge in [-0.3, -0.25) is 4.68 Å². The molecule has 2 aromatic heterocycles. The summed E-state index contributed by atoms with van der Waals surface area (Å²) in [5.74, 6) is 1.36. The molecule has 0 unspecified atom stereocenters. The summed E-state index contributed by atoms with van der Waals surface area (Å²) in [5, 5.41) is 4.27. The van der Waals surface area contributed by atoms with Gasteiger partial charge in [-0.25, -0.2) is 13.4 Å². The molecule has 1 aliphatic rings. The molecule has 28 heavy (non-hydrogen) atoms. The Labute approximate surface area is 168 Å². The Morgan fingerprint density at radius 3 is 2.18 bits per heavy atom. The maximum atomic E-state index is 13.0. The first-order chi connectivity index (χ1) is 13.2. The van der Waals surface area contributed by atoms with Gasteiger partial charge in [0.2, 0.25) is 10.0 Å². The van der Waals surface area contributed by atoms with Crippen LogP contribution in [0.15, 0.2) is 35.6 Å². The van der Waals surface area contributed by atoms with Crippen LogP contribution < -0.4 is 4.90 Å². The second kappa shape index (κ2) is 8.21. The standard InChI is InChI=1S/C20H31N5O2S/c1-15(2)25(16(3)4)28(26,27)19-6-7-20(21-13-19)24-10-8-17(9-11-24)18-12-22-23(5)14-18/h6-7,12-17H,8-11H2,1-5H3. The summed E-state index contributed by atoms with van der Waals surface area (Å²) in [6, 6.07) is 3.31. The number of piperidine rings is 1. The molecule has 1 aliphatic heterocycles. The van der Waals surface area contributed by atoms with E-state index in [2.05, 4.69) is 21.2 Å². The highest BCUT2D eigenvalue weighted by atomic mass is 32.2. The molecule has 0 amide bonds. The van der Waals surface area contributed by atoms with Gasteiger partial charge in [-0.15, -0.1) is 0 Å².